The first-order valence-electron chi connectivity index (χ1n) is 11.9. The van der Waals surface area contributed by atoms with Gasteiger partial charge in [-0.25, -0.2) is 0 Å². The molecule has 3 fully saturated rings. The van der Waals surface area contributed by atoms with Gasteiger partial charge >= 0.3 is 0 Å². The summed E-state index contributed by atoms with van der Waals surface area (Å²) < 4.78 is 6.44. The van der Waals surface area contributed by atoms with Crippen molar-refractivity contribution in [1.82, 2.24) is 10.2 Å². The van der Waals surface area contributed by atoms with E-state index in [2.05, 4.69) is 26.6 Å². The lowest BCUT2D eigenvalue weighted by Gasteiger charge is -2.37. The number of benzene rings is 1. The fourth-order valence-corrected chi connectivity index (χ4v) is 7.06. The van der Waals surface area contributed by atoms with Gasteiger partial charge in [0, 0.05) is 17.6 Å². The standard InChI is InChI=1S/C25H34BrN3O5/c1-12(2)8-15(11-30)29-21(23(32)28-17-9-13(3)6-7-14(17)4)25-10-16(26)20(34-25)18(22(31)27-5)19(25)24(29)33/h6-7,9,12,15-16,18-21,30H,8,10-11H2,1-5H3,(H,27,31)(H,28,32)/t15-,16?,18-,19+,20-,21?,25?/m1/s1. The van der Waals surface area contributed by atoms with Crippen LogP contribution >= 0.6 is 15.9 Å². The lowest BCUT2D eigenvalue weighted by molar-refractivity contribution is -0.144. The number of halogens is 1. The predicted molar refractivity (Wildman–Crippen MR) is 131 cm³/mol. The van der Waals surface area contributed by atoms with E-state index >= 15 is 0 Å². The lowest BCUT2D eigenvalue weighted by Crippen LogP contribution is -2.57. The van der Waals surface area contributed by atoms with Gasteiger partial charge < -0.3 is 25.4 Å². The number of likely N-dealkylation sites (tertiary alicyclic amines) is 1. The molecule has 3 amide bonds. The minimum atomic E-state index is -1.14. The molecule has 3 unspecified atom stereocenters. The molecule has 3 aliphatic rings. The monoisotopic (exact) mass is 535 g/mol. The maximum Gasteiger partial charge on any atom is 0.250 e. The fourth-order valence-electron chi connectivity index (χ4n) is 6.12. The Morgan fingerprint density at radius 1 is 1.29 bits per heavy atom. The highest BCUT2D eigenvalue weighted by Crippen LogP contribution is 2.60. The normalized spacial score (nSPS) is 32.8. The highest BCUT2D eigenvalue weighted by molar-refractivity contribution is 9.09. The molecule has 9 heteroatoms. The summed E-state index contributed by atoms with van der Waals surface area (Å²) in [6.45, 7) is 7.61. The summed E-state index contributed by atoms with van der Waals surface area (Å²) in [7, 11) is 1.54. The van der Waals surface area contributed by atoms with Gasteiger partial charge in [0.1, 0.15) is 11.6 Å². The van der Waals surface area contributed by atoms with E-state index in [1.807, 2.05) is 45.9 Å². The molecule has 3 heterocycles. The summed E-state index contributed by atoms with van der Waals surface area (Å²) in [6.07, 6.45) is 0.470. The zero-order valence-corrected chi connectivity index (χ0v) is 21.9. The van der Waals surface area contributed by atoms with Gasteiger partial charge in [-0.05, 0) is 49.8 Å². The molecule has 0 aliphatic carbocycles. The SMILES string of the molecule is CNC(=O)[C@H]1[C@@H]2OC3(CC2Br)C(C(=O)Nc2cc(C)ccc2C)N([C@@H](CO)CC(C)C)C(=O)[C@H]13. The highest BCUT2D eigenvalue weighted by atomic mass is 79.9. The van der Waals surface area contributed by atoms with Crippen molar-refractivity contribution in [1.29, 1.82) is 0 Å². The van der Waals surface area contributed by atoms with E-state index in [4.69, 9.17) is 4.74 Å². The molecular weight excluding hydrogens is 502 g/mol. The largest absolute Gasteiger partial charge is 0.394 e. The Hall–Kier alpha value is -1.97. The van der Waals surface area contributed by atoms with Crippen LogP contribution in [0.2, 0.25) is 0 Å². The van der Waals surface area contributed by atoms with E-state index in [1.54, 1.807) is 7.05 Å². The Morgan fingerprint density at radius 3 is 2.62 bits per heavy atom. The van der Waals surface area contributed by atoms with Crippen molar-refractivity contribution in [2.45, 2.75) is 69.2 Å². The van der Waals surface area contributed by atoms with Gasteiger partial charge in [0.05, 0.1) is 30.6 Å². The van der Waals surface area contributed by atoms with Crippen molar-refractivity contribution < 1.29 is 24.2 Å². The van der Waals surface area contributed by atoms with Crippen molar-refractivity contribution in [3.05, 3.63) is 29.3 Å². The second-order valence-corrected chi connectivity index (χ2v) is 11.5. The predicted octanol–water partition coefficient (Wildman–Crippen LogP) is 2.14. The van der Waals surface area contributed by atoms with Crippen LogP contribution in [-0.4, -0.2) is 70.0 Å². The minimum Gasteiger partial charge on any atom is -0.394 e. The van der Waals surface area contributed by atoms with Crippen LogP contribution in [0.4, 0.5) is 5.69 Å². The number of hydrogen-bond acceptors (Lipinski definition) is 5. The molecule has 7 atom stereocenters. The zero-order valence-electron chi connectivity index (χ0n) is 20.3. The maximum absolute atomic E-state index is 13.9. The quantitative estimate of drug-likeness (QED) is 0.463. The van der Waals surface area contributed by atoms with Crippen LogP contribution in [0.25, 0.3) is 0 Å². The van der Waals surface area contributed by atoms with Gasteiger partial charge in [-0.1, -0.05) is 41.9 Å². The number of rotatable bonds is 7. The molecular formula is C25H34BrN3O5. The molecule has 34 heavy (non-hydrogen) atoms. The zero-order chi connectivity index (χ0) is 24.9. The van der Waals surface area contributed by atoms with Crippen LogP contribution in [-0.2, 0) is 19.1 Å². The number of fused-ring (bicyclic) bond motifs is 1. The number of aliphatic hydroxyl groups is 1. The van der Waals surface area contributed by atoms with Crippen molar-refractivity contribution in [3.63, 3.8) is 0 Å². The Balaban J connectivity index is 1.80. The minimum absolute atomic E-state index is 0.160. The molecule has 3 N–H and O–H groups in total. The van der Waals surface area contributed by atoms with Crippen molar-refractivity contribution in [2.24, 2.45) is 17.8 Å². The Morgan fingerprint density at radius 2 is 2.00 bits per heavy atom. The van der Waals surface area contributed by atoms with E-state index in [-0.39, 0.29) is 35.1 Å². The number of hydrogen-bond donors (Lipinski definition) is 3. The van der Waals surface area contributed by atoms with Crippen molar-refractivity contribution >= 4 is 39.3 Å². The number of nitrogens with zero attached hydrogens (tertiary/aromatic N) is 1. The van der Waals surface area contributed by atoms with Gasteiger partial charge in [-0.15, -0.1) is 0 Å². The number of aliphatic hydroxyl groups excluding tert-OH is 1. The first kappa shape index (κ1) is 25.1. The number of amides is 3. The number of ether oxygens (including phenoxy) is 1. The molecule has 8 nitrogen and oxygen atoms in total. The molecule has 1 aromatic carbocycles. The van der Waals surface area contributed by atoms with E-state index in [0.717, 1.165) is 11.1 Å². The third-order valence-electron chi connectivity index (χ3n) is 7.52. The summed E-state index contributed by atoms with van der Waals surface area (Å²) >= 11 is 3.65. The van der Waals surface area contributed by atoms with Crippen LogP contribution in [0.15, 0.2) is 18.2 Å². The number of nitrogens with one attached hydrogen (secondary N) is 2. The molecule has 1 aromatic rings. The Kier molecular flexibility index (Phi) is 6.83. The molecule has 186 valence electrons. The van der Waals surface area contributed by atoms with Crippen molar-refractivity contribution in [2.75, 3.05) is 19.0 Å². The number of carbonyl (C=O) groups excluding carboxylic acids is 3. The molecule has 3 saturated heterocycles. The van der Waals surface area contributed by atoms with Gasteiger partial charge in [0.15, 0.2) is 0 Å². The van der Waals surface area contributed by atoms with Gasteiger partial charge in [-0.2, -0.15) is 0 Å². The molecule has 2 bridgehead atoms. The Labute approximate surface area is 208 Å². The van der Waals surface area contributed by atoms with Crippen LogP contribution in [0, 0.1) is 31.6 Å². The molecule has 1 spiro atoms. The lowest BCUT2D eigenvalue weighted by atomic mass is 9.70. The second kappa shape index (κ2) is 9.24. The smallest absolute Gasteiger partial charge is 0.250 e. The maximum atomic E-state index is 13.9. The number of carbonyl (C=O) groups is 3. The number of anilines is 1. The van der Waals surface area contributed by atoms with Crippen LogP contribution in [0.1, 0.15) is 37.8 Å². The topological polar surface area (TPSA) is 108 Å². The first-order valence-corrected chi connectivity index (χ1v) is 12.8. The van der Waals surface area contributed by atoms with Crippen LogP contribution in [0.5, 0.6) is 0 Å². The second-order valence-electron chi connectivity index (χ2n) is 10.3. The average molecular weight is 536 g/mol. The average Bonchev–Trinajstić information content (AvgIpc) is 3.37. The van der Waals surface area contributed by atoms with Gasteiger partial charge in [-0.3, -0.25) is 14.4 Å². The number of aryl methyl sites for hydroxylation is 2. The molecule has 0 saturated carbocycles. The van der Waals surface area contributed by atoms with E-state index in [9.17, 15) is 19.5 Å². The summed E-state index contributed by atoms with van der Waals surface area (Å²) in [5.74, 6) is -2.20. The third kappa shape index (κ3) is 3.85. The third-order valence-corrected chi connectivity index (χ3v) is 8.37. The van der Waals surface area contributed by atoms with E-state index in [0.29, 0.717) is 18.5 Å². The molecule has 3 aliphatic heterocycles. The van der Waals surface area contributed by atoms with E-state index in [1.165, 1.54) is 4.90 Å². The summed E-state index contributed by atoms with van der Waals surface area (Å²) in [6, 6.07) is 4.30. The first-order chi connectivity index (χ1) is 16.0. The van der Waals surface area contributed by atoms with E-state index < -0.39 is 35.6 Å². The van der Waals surface area contributed by atoms with Crippen LogP contribution in [0.3, 0.4) is 0 Å². The summed E-state index contributed by atoms with van der Waals surface area (Å²) in [5.41, 5.74) is 1.44. The summed E-state index contributed by atoms with van der Waals surface area (Å²) in [5, 5.41) is 16.0. The molecule has 0 radical (unpaired) electrons. The van der Waals surface area contributed by atoms with Gasteiger partial charge in [0.25, 0.3) is 0 Å². The van der Waals surface area contributed by atoms with Gasteiger partial charge in [0.2, 0.25) is 17.7 Å². The fraction of sp³-hybridized carbons (Fsp3) is 0.640. The number of alkyl halides is 1. The molecule has 4 rings (SSSR count). The summed E-state index contributed by atoms with van der Waals surface area (Å²) in [4.78, 5) is 42.1. The van der Waals surface area contributed by atoms with Crippen LogP contribution < -0.4 is 10.6 Å². The molecule has 0 aromatic heterocycles. The van der Waals surface area contributed by atoms with Crippen molar-refractivity contribution in [3.8, 4) is 0 Å². The highest BCUT2D eigenvalue weighted by Gasteiger charge is 2.77. The Bertz CT molecular complexity index is 1000.